The molecule has 0 fully saturated rings. The standard InChI is InChI=1S/C24H10O2Si2/c27-25-23-15-9-7-13-5-3-11-1-2-12-4-6-14-8-10-16(24(23)26-28)22-20(14)18(12)17(11)19(13)21(15)22/h1-10H. The van der Waals surface area contributed by atoms with E-state index in [0.29, 0.717) is 11.5 Å². The van der Waals surface area contributed by atoms with Crippen molar-refractivity contribution in [2.75, 3.05) is 0 Å². The van der Waals surface area contributed by atoms with Crippen LogP contribution in [0.1, 0.15) is 0 Å². The summed E-state index contributed by atoms with van der Waals surface area (Å²) in [6.07, 6.45) is 0. The molecule has 7 rings (SSSR count). The Morgan fingerprint density at radius 2 is 0.679 bits per heavy atom. The highest BCUT2D eigenvalue weighted by Crippen LogP contribution is 2.53. The van der Waals surface area contributed by atoms with E-state index in [1.165, 1.54) is 53.9 Å². The Balaban J connectivity index is 2.02. The fraction of sp³-hybridized carbons (Fsp3) is 0. The van der Waals surface area contributed by atoms with Crippen LogP contribution in [0, 0.1) is 0 Å². The third kappa shape index (κ3) is 1.49. The Kier molecular flexibility index (Phi) is 2.58. The average Bonchev–Trinajstić information content (AvgIpc) is 2.76. The van der Waals surface area contributed by atoms with E-state index in [0.717, 1.165) is 10.8 Å². The van der Waals surface area contributed by atoms with Crippen molar-refractivity contribution in [3.05, 3.63) is 60.7 Å². The average molecular weight is 387 g/mol. The largest absolute Gasteiger partial charge is 0.538 e. The Hall–Kier alpha value is -3.09. The van der Waals surface area contributed by atoms with Gasteiger partial charge in [-0.25, -0.2) is 0 Å². The van der Waals surface area contributed by atoms with E-state index in [4.69, 9.17) is 8.85 Å². The van der Waals surface area contributed by atoms with Crippen LogP contribution in [0.4, 0.5) is 0 Å². The van der Waals surface area contributed by atoms with E-state index in [1.54, 1.807) is 0 Å². The van der Waals surface area contributed by atoms with Gasteiger partial charge in [-0.2, -0.15) is 0 Å². The van der Waals surface area contributed by atoms with Crippen LogP contribution >= 0.6 is 0 Å². The Morgan fingerprint density at radius 3 is 1.00 bits per heavy atom. The lowest BCUT2D eigenvalue weighted by Crippen LogP contribution is -1.99. The summed E-state index contributed by atoms with van der Waals surface area (Å²) in [5.41, 5.74) is 0. The fourth-order valence-corrected chi connectivity index (χ4v) is 5.61. The minimum absolute atomic E-state index is 0.680. The molecule has 0 heterocycles. The molecule has 0 saturated heterocycles. The normalized spacial score (nSPS) is 12.6. The summed E-state index contributed by atoms with van der Waals surface area (Å²) in [6, 6.07) is 21.9. The van der Waals surface area contributed by atoms with Gasteiger partial charge < -0.3 is 8.85 Å². The maximum absolute atomic E-state index is 5.64. The van der Waals surface area contributed by atoms with Gasteiger partial charge in [-0.3, -0.25) is 0 Å². The van der Waals surface area contributed by atoms with Gasteiger partial charge in [0.2, 0.25) is 0 Å². The lowest BCUT2D eigenvalue weighted by Gasteiger charge is -2.23. The molecule has 0 spiro atoms. The molecular weight excluding hydrogens is 376 g/mol. The number of rotatable bonds is 2. The smallest absolute Gasteiger partial charge is 0.341 e. The van der Waals surface area contributed by atoms with Crippen LogP contribution in [-0.2, 0) is 0 Å². The first-order chi connectivity index (χ1) is 13.8. The van der Waals surface area contributed by atoms with Gasteiger partial charge in [0, 0.05) is 21.5 Å². The fourth-order valence-electron chi connectivity index (χ4n) is 5.21. The van der Waals surface area contributed by atoms with Crippen molar-refractivity contribution in [3.63, 3.8) is 0 Å². The monoisotopic (exact) mass is 386 g/mol. The highest BCUT2D eigenvalue weighted by atomic mass is 28.2. The molecule has 126 valence electrons. The second-order valence-electron chi connectivity index (χ2n) is 7.43. The lowest BCUT2D eigenvalue weighted by molar-refractivity contribution is 0.552. The molecule has 4 heteroatoms. The van der Waals surface area contributed by atoms with Gasteiger partial charge in [0.15, 0.2) is 11.5 Å². The van der Waals surface area contributed by atoms with Crippen LogP contribution in [0.3, 0.4) is 0 Å². The molecule has 0 unspecified atom stereocenters. The molecule has 0 aliphatic carbocycles. The van der Waals surface area contributed by atoms with E-state index in [-0.39, 0.29) is 0 Å². The third-order valence-corrected chi connectivity index (χ3v) is 6.69. The SMILES string of the molecule is [Si]Oc1c(O[Si])c2ccc3ccc4ccc5ccc6ccc1c1c6c5c4c3c21. The van der Waals surface area contributed by atoms with Gasteiger partial charge in [0.1, 0.15) is 0 Å². The molecule has 2 nitrogen and oxygen atoms in total. The van der Waals surface area contributed by atoms with E-state index in [9.17, 15) is 0 Å². The van der Waals surface area contributed by atoms with E-state index in [2.05, 4.69) is 81.6 Å². The predicted octanol–water partition coefficient (Wildman–Crippen LogP) is 5.84. The Morgan fingerprint density at radius 1 is 0.393 bits per heavy atom. The zero-order valence-corrected chi connectivity index (χ0v) is 16.6. The van der Waals surface area contributed by atoms with Gasteiger partial charge in [-0.1, -0.05) is 48.5 Å². The number of hydrogen-bond donors (Lipinski definition) is 0. The molecule has 0 aliphatic rings. The van der Waals surface area contributed by atoms with Gasteiger partial charge in [0.25, 0.3) is 0 Å². The first kappa shape index (κ1) is 14.9. The molecule has 6 radical (unpaired) electrons. The summed E-state index contributed by atoms with van der Waals surface area (Å²) in [6.45, 7) is 0. The zero-order chi connectivity index (χ0) is 18.6. The molecular formula is C24H10O2Si2. The highest BCUT2D eigenvalue weighted by Gasteiger charge is 2.24. The van der Waals surface area contributed by atoms with Crippen molar-refractivity contribution in [1.29, 1.82) is 0 Å². The minimum Gasteiger partial charge on any atom is -0.538 e. The topological polar surface area (TPSA) is 18.5 Å². The van der Waals surface area contributed by atoms with Crippen LogP contribution < -0.4 is 8.85 Å². The lowest BCUT2D eigenvalue weighted by atomic mass is 9.82. The minimum atomic E-state index is 0.680. The van der Waals surface area contributed by atoms with Crippen LogP contribution in [0.25, 0.3) is 64.6 Å². The van der Waals surface area contributed by atoms with Crippen molar-refractivity contribution in [1.82, 2.24) is 0 Å². The van der Waals surface area contributed by atoms with Crippen molar-refractivity contribution in [3.8, 4) is 11.5 Å². The summed E-state index contributed by atoms with van der Waals surface area (Å²) < 4.78 is 11.3. The number of benzene rings is 7. The molecule has 0 aliphatic heterocycles. The predicted molar refractivity (Wildman–Crippen MR) is 118 cm³/mol. The van der Waals surface area contributed by atoms with Gasteiger partial charge in [-0.15, -0.1) is 0 Å². The van der Waals surface area contributed by atoms with Gasteiger partial charge in [-0.05, 0) is 55.2 Å². The zero-order valence-electron chi connectivity index (χ0n) is 14.6. The summed E-state index contributed by atoms with van der Waals surface area (Å²) in [7, 11) is 6.52. The number of hydrogen-bond acceptors (Lipinski definition) is 2. The summed E-state index contributed by atoms with van der Waals surface area (Å²) in [5, 5.41) is 14.8. The van der Waals surface area contributed by atoms with Gasteiger partial charge in [0.05, 0.1) is 0 Å². The van der Waals surface area contributed by atoms with E-state index in [1.807, 2.05) is 0 Å². The first-order valence-electron chi connectivity index (χ1n) is 9.12. The summed E-state index contributed by atoms with van der Waals surface area (Å²) >= 11 is 0. The molecule has 0 bridgehead atoms. The maximum atomic E-state index is 5.64. The quantitative estimate of drug-likeness (QED) is 0.211. The second kappa shape index (κ2) is 4.84. The van der Waals surface area contributed by atoms with E-state index >= 15 is 0 Å². The molecule has 7 aromatic rings. The molecule has 0 amide bonds. The molecule has 28 heavy (non-hydrogen) atoms. The van der Waals surface area contributed by atoms with Crippen LogP contribution in [-0.4, -0.2) is 21.0 Å². The molecule has 7 aromatic carbocycles. The van der Waals surface area contributed by atoms with Crippen LogP contribution in [0.2, 0.25) is 0 Å². The van der Waals surface area contributed by atoms with Crippen molar-refractivity contribution >= 4 is 85.6 Å². The van der Waals surface area contributed by atoms with Crippen molar-refractivity contribution in [2.45, 2.75) is 0 Å². The van der Waals surface area contributed by atoms with Crippen molar-refractivity contribution in [2.24, 2.45) is 0 Å². The second-order valence-corrected chi connectivity index (χ2v) is 7.84. The molecule has 0 aromatic heterocycles. The molecule has 0 N–H and O–H groups in total. The Bertz CT molecular complexity index is 1550. The van der Waals surface area contributed by atoms with Crippen LogP contribution in [0.5, 0.6) is 11.5 Å². The van der Waals surface area contributed by atoms with Crippen molar-refractivity contribution < 1.29 is 8.85 Å². The first-order valence-corrected chi connectivity index (χ1v) is 9.94. The Labute approximate surface area is 166 Å². The maximum Gasteiger partial charge on any atom is 0.341 e. The molecule has 0 atom stereocenters. The van der Waals surface area contributed by atoms with E-state index < -0.39 is 0 Å². The van der Waals surface area contributed by atoms with Crippen LogP contribution in [0.15, 0.2) is 60.7 Å². The third-order valence-electron chi connectivity index (χ3n) is 6.28. The highest BCUT2D eigenvalue weighted by molar-refractivity contribution is 6.45. The molecule has 0 saturated carbocycles. The summed E-state index contributed by atoms with van der Waals surface area (Å²) in [4.78, 5) is 0. The van der Waals surface area contributed by atoms with Gasteiger partial charge >= 0.3 is 21.0 Å². The summed E-state index contributed by atoms with van der Waals surface area (Å²) in [5.74, 6) is 1.36.